The Kier molecular flexibility index (Phi) is 8.66. The third kappa shape index (κ3) is 7.66. The zero-order valence-electron chi connectivity index (χ0n) is 22.8. The van der Waals surface area contributed by atoms with Crippen LogP contribution in [-0.4, -0.2) is 40.8 Å². The molecular weight excluding hydrogens is 574 g/mol. The van der Waals surface area contributed by atoms with Crippen LogP contribution in [0.2, 0.25) is 0 Å². The number of aromatic nitrogens is 1. The van der Waals surface area contributed by atoms with E-state index in [-0.39, 0.29) is 5.92 Å². The third-order valence-electron chi connectivity index (χ3n) is 7.56. The van der Waals surface area contributed by atoms with E-state index in [0.29, 0.717) is 43.6 Å². The van der Waals surface area contributed by atoms with Gasteiger partial charge in [-0.25, -0.2) is 0 Å². The van der Waals surface area contributed by atoms with Crippen molar-refractivity contribution in [3.63, 3.8) is 0 Å². The molecule has 0 spiro atoms. The number of hydrogen-bond donors (Lipinski definition) is 1. The second kappa shape index (κ2) is 12.3. The fraction of sp³-hybridized carbons (Fsp3) is 0.281. The van der Waals surface area contributed by atoms with Crippen molar-refractivity contribution in [2.45, 2.75) is 37.7 Å². The number of piperidine rings is 1. The minimum Gasteiger partial charge on any atom is -0.406 e. The Hall–Kier alpha value is -4.09. The smallest absolute Gasteiger partial charge is 0.406 e. The average molecular weight is 603 g/mol. The van der Waals surface area contributed by atoms with Crippen molar-refractivity contribution in [1.82, 2.24) is 9.88 Å². The van der Waals surface area contributed by atoms with E-state index in [0.717, 1.165) is 41.1 Å². The summed E-state index contributed by atoms with van der Waals surface area (Å²) in [6.45, 7) is 1.93. The monoisotopic (exact) mass is 602 g/mol. The van der Waals surface area contributed by atoms with Crippen LogP contribution in [0.5, 0.6) is 11.5 Å². The van der Waals surface area contributed by atoms with Gasteiger partial charge in [0.1, 0.15) is 17.1 Å². The second-order valence-corrected chi connectivity index (χ2v) is 10.4. The van der Waals surface area contributed by atoms with Gasteiger partial charge in [-0.15, -0.1) is 26.3 Å². The van der Waals surface area contributed by atoms with Crippen LogP contribution in [0, 0.1) is 5.92 Å². The van der Waals surface area contributed by atoms with E-state index in [1.54, 1.807) is 6.20 Å². The van der Waals surface area contributed by atoms with Crippen LogP contribution in [-0.2, 0) is 12.1 Å². The largest absolute Gasteiger partial charge is 0.573 e. The fourth-order valence-corrected chi connectivity index (χ4v) is 5.54. The predicted molar refractivity (Wildman–Crippen MR) is 147 cm³/mol. The summed E-state index contributed by atoms with van der Waals surface area (Å²) in [5, 5.41) is 12.2. The number of pyridine rings is 1. The Bertz CT molecular complexity index is 1410. The van der Waals surface area contributed by atoms with E-state index < -0.39 is 29.8 Å². The maximum atomic E-state index is 12.7. The molecule has 1 aromatic heterocycles. The Morgan fingerprint density at radius 3 is 1.65 bits per heavy atom. The highest BCUT2D eigenvalue weighted by Crippen LogP contribution is 2.43. The van der Waals surface area contributed by atoms with Gasteiger partial charge in [-0.05, 0) is 84.9 Å². The van der Waals surface area contributed by atoms with Gasteiger partial charge in [0.25, 0.3) is 0 Å². The molecular formula is C32H28F6N2O3. The van der Waals surface area contributed by atoms with Gasteiger partial charge in [0.2, 0.25) is 0 Å². The molecule has 1 aliphatic heterocycles. The highest BCUT2D eigenvalue weighted by Gasteiger charge is 2.42. The van der Waals surface area contributed by atoms with Crippen LogP contribution >= 0.6 is 0 Å². The number of benzene rings is 3. The number of likely N-dealkylation sites (tertiary alicyclic amines) is 1. The number of ether oxygens (including phenoxy) is 2. The Morgan fingerprint density at radius 2 is 1.21 bits per heavy atom. The van der Waals surface area contributed by atoms with E-state index in [9.17, 15) is 31.4 Å². The van der Waals surface area contributed by atoms with Crippen LogP contribution in [0.3, 0.4) is 0 Å². The van der Waals surface area contributed by atoms with Crippen molar-refractivity contribution in [3.05, 3.63) is 114 Å². The molecule has 0 aliphatic carbocycles. The first-order valence-corrected chi connectivity index (χ1v) is 13.6. The van der Waals surface area contributed by atoms with Crippen molar-refractivity contribution < 1.29 is 40.9 Å². The molecule has 3 aromatic carbocycles. The number of alkyl halides is 6. The fourth-order valence-electron chi connectivity index (χ4n) is 5.54. The van der Waals surface area contributed by atoms with E-state index in [1.807, 2.05) is 42.5 Å². The van der Waals surface area contributed by atoms with Gasteiger partial charge in [-0.3, -0.25) is 9.88 Å². The van der Waals surface area contributed by atoms with Gasteiger partial charge >= 0.3 is 12.7 Å². The lowest BCUT2D eigenvalue weighted by Gasteiger charge is -2.42. The van der Waals surface area contributed by atoms with Gasteiger partial charge < -0.3 is 14.6 Å². The molecule has 5 nitrogen and oxygen atoms in total. The number of rotatable bonds is 8. The van der Waals surface area contributed by atoms with Crippen molar-refractivity contribution in [2.75, 3.05) is 13.1 Å². The SMILES string of the molecule is OC(c1ccc(OC(F)(F)F)cc1)(c1ccc(OC(F)(F)F)cc1)C1CCN(Cc2ccc(-c3ccccn3)cc2)CC1. The quantitative estimate of drug-likeness (QED) is 0.210. The first-order valence-electron chi connectivity index (χ1n) is 13.6. The minimum atomic E-state index is -4.88. The van der Waals surface area contributed by atoms with E-state index in [4.69, 9.17) is 0 Å². The molecule has 1 saturated heterocycles. The topological polar surface area (TPSA) is 54.8 Å². The molecule has 226 valence electrons. The average Bonchev–Trinajstić information content (AvgIpc) is 2.97. The molecule has 1 fully saturated rings. The summed E-state index contributed by atoms with van der Waals surface area (Å²) in [6.07, 6.45) is -6.95. The molecule has 11 heteroatoms. The maximum absolute atomic E-state index is 12.7. The highest BCUT2D eigenvalue weighted by molar-refractivity contribution is 5.59. The summed E-state index contributed by atoms with van der Waals surface area (Å²) in [6, 6.07) is 23.7. The first-order chi connectivity index (χ1) is 20.4. The highest BCUT2D eigenvalue weighted by atomic mass is 19.4. The summed E-state index contributed by atoms with van der Waals surface area (Å²) in [5.74, 6) is -1.27. The molecule has 0 saturated carbocycles. The lowest BCUT2D eigenvalue weighted by atomic mass is 9.72. The summed E-state index contributed by atoms with van der Waals surface area (Å²) >= 11 is 0. The number of hydrogen-bond acceptors (Lipinski definition) is 5. The summed E-state index contributed by atoms with van der Waals surface area (Å²) in [7, 11) is 0. The molecule has 5 rings (SSSR count). The van der Waals surface area contributed by atoms with Crippen LogP contribution in [0.1, 0.15) is 29.5 Å². The predicted octanol–water partition coefficient (Wildman–Crippen LogP) is 7.69. The van der Waals surface area contributed by atoms with Gasteiger partial charge in [-0.2, -0.15) is 0 Å². The molecule has 1 N–H and O–H groups in total. The molecule has 0 radical (unpaired) electrons. The molecule has 0 amide bonds. The van der Waals surface area contributed by atoms with E-state index in [2.05, 4.69) is 19.4 Å². The van der Waals surface area contributed by atoms with Crippen LogP contribution in [0.25, 0.3) is 11.3 Å². The Morgan fingerprint density at radius 1 is 0.698 bits per heavy atom. The normalized spacial score (nSPS) is 15.3. The summed E-state index contributed by atoms with van der Waals surface area (Å²) < 4.78 is 84.2. The number of nitrogens with zero attached hydrogens (tertiary/aromatic N) is 2. The van der Waals surface area contributed by atoms with Crippen LogP contribution < -0.4 is 9.47 Å². The molecule has 1 aliphatic rings. The zero-order valence-corrected chi connectivity index (χ0v) is 22.8. The molecule has 0 bridgehead atoms. The van der Waals surface area contributed by atoms with Gasteiger partial charge in [0.05, 0.1) is 5.69 Å². The van der Waals surface area contributed by atoms with E-state index in [1.165, 1.54) is 24.3 Å². The van der Waals surface area contributed by atoms with Crippen molar-refractivity contribution in [1.29, 1.82) is 0 Å². The standard InChI is InChI=1S/C32H28F6N2O3/c33-31(34,35)42-27-12-8-24(9-13-27)30(41,25-10-14-28(15-11-25)43-32(36,37)38)26-16-19-40(20-17-26)21-22-4-6-23(7-5-22)29-3-1-2-18-39-29/h1-15,18,26,41H,16-17,19-21H2. The Balaban J connectivity index is 1.33. The van der Waals surface area contributed by atoms with Crippen molar-refractivity contribution in [3.8, 4) is 22.8 Å². The van der Waals surface area contributed by atoms with E-state index >= 15 is 0 Å². The first kappa shape index (κ1) is 30.4. The van der Waals surface area contributed by atoms with Crippen LogP contribution in [0.4, 0.5) is 26.3 Å². The van der Waals surface area contributed by atoms with Gasteiger partial charge in [0, 0.05) is 18.3 Å². The second-order valence-electron chi connectivity index (χ2n) is 10.4. The molecule has 4 aromatic rings. The molecule has 2 heterocycles. The van der Waals surface area contributed by atoms with Crippen LogP contribution in [0.15, 0.2) is 97.2 Å². The van der Waals surface area contributed by atoms with Gasteiger partial charge in [-0.1, -0.05) is 54.6 Å². The lowest BCUT2D eigenvalue weighted by molar-refractivity contribution is -0.275. The molecule has 0 unspecified atom stereocenters. The summed E-state index contributed by atoms with van der Waals surface area (Å²) in [4.78, 5) is 6.61. The minimum absolute atomic E-state index is 0.301. The van der Waals surface area contributed by atoms with Gasteiger partial charge in [0.15, 0.2) is 0 Å². The maximum Gasteiger partial charge on any atom is 0.573 e. The number of aliphatic hydroxyl groups is 1. The lowest BCUT2D eigenvalue weighted by Crippen LogP contribution is -2.44. The molecule has 0 atom stereocenters. The summed E-state index contributed by atoms with van der Waals surface area (Å²) in [5.41, 5.74) is 1.90. The molecule has 43 heavy (non-hydrogen) atoms. The Labute approximate surface area is 244 Å². The van der Waals surface area contributed by atoms with Crippen molar-refractivity contribution in [2.24, 2.45) is 5.92 Å². The van der Waals surface area contributed by atoms with Crippen molar-refractivity contribution >= 4 is 0 Å². The zero-order chi connectivity index (χ0) is 30.7. The third-order valence-corrected chi connectivity index (χ3v) is 7.56. The number of halogens is 6.